The summed E-state index contributed by atoms with van der Waals surface area (Å²) in [7, 11) is -17.9. The molecule has 0 saturated carbocycles. The highest BCUT2D eigenvalue weighted by Crippen LogP contribution is 2.39. The van der Waals surface area contributed by atoms with E-state index in [0.717, 1.165) is 0 Å². The van der Waals surface area contributed by atoms with E-state index in [0.29, 0.717) is 6.92 Å². The van der Waals surface area contributed by atoms with Crippen molar-refractivity contribution in [1.29, 1.82) is 0 Å². The van der Waals surface area contributed by atoms with Crippen LogP contribution in [0.5, 0.6) is 0 Å². The first kappa shape index (κ1) is 40.7. The fraction of sp³-hybridized carbons (Fsp3) is 1.00. The third-order valence-electron chi connectivity index (χ3n) is 4.43. The number of hydrogen-bond donors (Lipinski definition) is 0. The van der Waals surface area contributed by atoms with Gasteiger partial charge in [-0.15, -0.1) is 0 Å². The van der Waals surface area contributed by atoms with Gasteiger partial charge in [0.05, 0.1) is 18.8 Å². The second kappa shape index (κ2) is 12.6. The monoisotopic (exact) mass is 722 g/mol. The van der Waals surface area contributed by atoms with Crippen LogP contribution in [-0.4, -0.2) is 97.6 Å². The summed E-state index contributed by atoms with van der Waals surface area (Å²) in [5.74, 6) is -27.2. The molecule has 0 N–H and O–H groups in total. The first-order valence-corrected chi connectivity index (χ1v) is 14.7. The SMILES string of the molecule is CC(CCOS(=O)(=O)CC(F)(F)C(F)(F)F)(CCOS(=O)(=O)CC(F)(F)C(F)(F)F)OS(=O)(=O)CC(F)(F)C(F)(F)F. The van der Waals surface area contributed by atoms with Crippen molar-refractivity contribution in [3.05, 3.63) is 0 Å². The maximum atomic E-state index is 13.2. The zero-order valence-electron chi connectivity index (χ0n) is 20.0. The van der Waals surface area contributed by atoms with Crippen LogP contribution < -0.4 is 0 Å². The predicted molar refractivity (Wildman–Crippen MR) is 105 cm³/mol. The van der Waals surface area contributed by atoms with E-state index < -0.39 is 116 Å². The van der Waals surface area contributed by atoms with Gasteiger partial charge in [0.25, 0.3) is 30.4 Å². The second-order valence-electron chi connectivity index (χ2n) is 8.39. The van der Waals surface area contributed by atoms with Crippen LogP contribution in [0.25, 0.3) is 0 Å². The van der Waals surface area contributed by atoms with E-state index in [1.165, 1.54) is 0 Å². The molecule has 0 bridgehead atoms. The molecule has 0 radical (unpaired) electrons. The highest BCUT2D eigenvalue weighted by molar-refractivity contribution is 7.87. The smallest absolute Gasteiger partial charge is 0.270 e. The van der Waals surface area contributed by atoms with Gasteiger partial charge in [-0.25, -0.2) is 0 Å². The normalized spacial score (nSPS) is 15.7. The maximum Gasteiger partial charge on any atom is 0.454 e. The Morgan fingerprint density at radius 1 is 0.452 bits per heavy atom. The Balaban J connectivity index is 5.93. The Kier molecular flexibility index (Phi) is 12.2. The molecule has 0 aliphatic carbocycles. The van der Waals surface area contributed by atoms with E-state index in [4.69, 9.17) is 0 Å². The summed E-state index contributed by atoms with van der Waals surface area (Å²) in [4.78, 5) is 0. The zero-order valence-corrected chi connectivity index (χ0v) is 22.5. The molecule has 27 heteroatoms. The van der Waals surface area contributed by atoms with Crippen molar-refractivity contribution in [3.63, 3.8) is 0 Å². The summed E-state index contributed by atoms with van der Waals surface area (Å²) in [6.45, 7) is -3.09. The zero-order chi connectivity index (χ0) is 34.1. The quantitative estimate of drug-likeness (QED) is 0.170. The minimum atomic E-state index is -6.51. The van der Waals surface area contributed by atoms with Crippen LogP contribution in [0.3, 0.4) is 0 Å². The van der Waals surface area contributed by atoms with Crippen molar-refractivity contribution >= 4 is 30.4 Å². The van der Waals surface area contributed by atoms with Gasteiger partial charge >= 0.3 is 36.3 Å². The maximum absolute atomic E-state index is 13.2. The highest BCUT2D eigenvalue weighted by Gasteiger charge is 2.62. The number of alkyl halides is 15. The second-order valence-corrected chi connectivity index (χ2v) is 13.2. The molecule has 42 heavy (non-hydrogen) atoms. The lowest BCUT2D eigenvalue weighted by molar-refractivity contribution is -0.272. The molecule has 0 amide bonds. The molecule has 0 spiro atoms. The summed E-state index contributed by atoms with van der Waals surface area (Å²) in [5, 5.41) is 0. The Morgan fingerprint density at radius 2 is 0.690 bits per heavy atom. The average Bonchev–Trinajstić information content (AvgIpc) is 2.61. The Bertz CT molecular complexity index is 1170. The molecule has 254 valence electrons. The van der Waals surface area contributed by atoms with Crippen LogP contribution in [0, 0.1) is 0 Å². The molecule has 0 aromatic heterocycles. The van der Waals surface area contributed by atoms with Crippen LogP contribution in [0.15, 0.2) is 0 Å². The first-order chi connectivity index (χ1) is 18.0. The minimum absolute atomic E-state index is 0.330. The molecule has 0 atom stereocenters. The van der Waals surface area contributed by atoms with Gasteiger partial charge in [0.2, 0.25) is 0 Å². The van der Waals surface area contributed by atoms with Crippen molar-refractivity contribution in [2.75, 3.05) is 30.5 Å². The van der Waals surface area contributed by atoms with E-state index >= 15 is 0 Å². The highest BCUT2D eigenvalue weighted by atomic mass is 32.2. The molecule has 0 unspecified atom stereocenters. The van der Waals surface area contributed by atoms with Crippen molar-refractivity contribution < 1.29 is 104 Å². The number of hydrogen-bond acceptors (Lipinski definition) is 9. The fourth-order valence-electron chi connectivity index (χ4n) is 2.31. The van der Waals surface area contributed by atoms with E-state index in [9.17, 15) is 91.1 Å². The summed E-state index contributed by atoms with van der Waals surface area (Å²) in [6.07, 6.45) is -22.4. The summed E-state index contributed by atoms with van der Waals surface area (Å²) < 4.78 is 270. The largest absolute Gasteiger partial charge is 0.454 e. The number of halogens is 15. The van der Waals surface area contributed by atoms with Crippen LogP contribution >= 0.6 is 0 Å². The third kappa shape index (κ3) is 12.7. The van der Waals surface area contributed by atoms with Gasteiger partial charge in [-0.1, -0.05) is 0 Å². The number of rotatable bonds is 16. The van der Waals surface area contributed by atoms with E-state index in [2.05, 4.69) is 12.5 Å². The van der Waals surface area contributed by atoms with Crippen molar-refractivity contribution in [2.24, 2.45) is 0 Å². The molecule has 0 aliphatic heterocycles. The van der Waals surface area contributed by atoms with Gasteiger partial charge in [-0.2, -0.15) is 91.1 Å². The van der Waals surface area contributed by atoms with Crippen LogP contribution in [-0.2, 0) is 42.9 Å². The molecule has 0 saturated heterocycles. The Hall–Kier alpha value is -1.32. The van der Waals surface area contributed by atoms with Gasteiger partial charge in [-0.05, 0) is 6.92 Å². The molecule has 0 aliphatic rings. The van der Waals surface area contributed by atoms with Gasteiger partial charge < -0.3 is 0 Å². The molecule has 0 rings (SSSR count). The lowest BCUT2D eigenvalue weighted by Crippen LogP contribution is -2.46. The Morgan fingerprint density at radius 3 is 0.929 bits per heavy atom. The predicted octanol–water partition coefficient (Wildman–Crippen LogP) is 4.16. The van der Waals surface area contributed by atoms with Gasteiger partial charge in [0, 0.05) is 12.8 Å². The topological polar surface area (TPSA) is 130 Å². The first-order valence-electron chi connectivity index (χ1n) is 10.0. The van der Waals surface area contributed by atoms with Crippen LogP contribution in [0.1, 0.15) is 19.8 Å². The van der Waals surface area contributed by atoms with E-state index in [1.807, 2.05) is 0 Å². The summed E-state index contributed by atoms with van der Waals surface area (Å²) in [5.41, 5.74) is -3.00. The molecule has 0 aromatic carbocycles. The van der Waals surface area contributed by atoms with Crippen molar-refractivity contribution in [1.82, 2.24) is 0 Å². The van der Waals surface area contributed by atoms with Crippen molar-refractivity contribution in [3.8, 4) is 0 Å². The standard InChI is InChI=1S/C15H17F15O9S3/c1-9(39-42(35,36)8-12(20,21)15(28,29)30,2-4-37-40(31,32)6-10(16,17)13(22,23)24)3-5-38-41(33,34)7-11(18,19)14(25,26)27/h2-8H2,1H3. The molecular weight excluding hydrogens is 705 g/mol. The average molecular weight is 722 g/mol. The van der Waals surface area contributed by atoms with E-state index in [1.54, 1.807) is 0 Å². The third-order valence-corrected chi connectivity index (χ3v) is 8.29. The molecule has 0 fully saturated rings. The lowest BCUT2D eigenvalue weighted by atomic mass is 9.99. The Labute approximate surface area is 226 Å². The molecule has 9 nitrogen and oxygen atoms in total. The summed E-state index contributed by atoms with van der Waals surface area (Å²) in [6, 6.07) is 0. The van der Waals surface area contributed by atoms with E-state index in [-0.39, 0.29) is 0 Å². The van der Waals surface area contributed by atoms with Crippen molar-refractivity contribution in [2.45, 2.75) is 61.7 Å². The minimum Gasteiger partial charge on any atom is -0.270 e. The van der Waals surface area contributed by atoms with Crippen LogP contribution in [0.4, 0.5) is 65.9 Å². The van der Waals surface area contributed by atoms with Crippen LogP contribution in [0.2, 0.25) is 0 Å². The van der Waals surface area contributed by atoms with Gasteiger partial charge in [0.1, 0.15) is 17.3 Å². The van der Waals surface area contributed by atoms with Gasteiger partial charge in [-0.3, -0.25) is 12.5 Å². The van der Waals surface area contributed by atoms with Gasteiger partial charge in [0.15, 0.2) is 0 Å². The molecule has 0 aromatic rings. The lowest BCUT2D eigenvalue weighted by Gasteiger charge is -2.30. The molecular formula is C15H17F15O9S3. The fourth-order valence-corrected chi connectivity index (χ4v) is 5.81. The summed E-state index contributed by atoms with van der Waals surface area (Å²) >= 11 is 0. The molecule has 0 heterocycles.